The number of aromatic amines is 1. The molecule has 2 atom stereocenters. The Labute approximate surface area is 106 Å². The first-order valence-electron chi connectivity index (χ1n) is 5.53. The number of hydrogen-bond acceptors (Lipinski definition) is 2. The van der Waals surface area contributed by atoms with Crippen LogP contribution in [0.25, 0.3) is 0 Å². The van der Waals surface area contributed by atoms with E-state index in [0.29, 0.717) is 0 Å². The molecular formula is C11H11F3N2O3. The Hall–Kier alpha value is -1.99. The Kier molecular flexibility index (Phi) is 3.25. The fourth-order valence-corrected chi connectivity index (χ4v) is 2.19. The number of H-pyrrole nitrogens is 1. The van der Waals surface area contributed by atoms with Gasteiger partial charge in [0.1, 0.15) is 5.69 Å². The molecule has 1 aromatic rings. The molecule has 0 aromatic carbocycles. The molecule has 1 aliphatic rings. The standard InChI is InChI=1S/C11H11F3N2O3/c12-11(13,14)7-5-16(4-6(7)10(18)19)9(17)8-2-1-3-15-8/h1-3,6-7,15H,4-5H2,(H,18,19)/t6-,7-/m1/s1. The van der Waals surface area contributed by atoms with E-state index in [1.165, 1.54) is 12.3 Å². The van der Waals surface area contributed by atoms with E-state index in [0.717, 1.165) is 4.90 Å². The van der Waals surface area contributed by atoms with Gasteiger partial charge < -0.3 is 15.0 Å². The number of aromatic nitrogens is 1. The van der Waals surface area contributed by atoms with E-state index >= 15 is 0 Å². The predicted octanol–water partition coefficient (Wildman–Crippen LogP) is 1.35. The molecule has 0 spiro atoms. The molecule has 0 radical (unpaired) electrons. The number of carbonyl (C=O) groups is 2. The van der Waals surface area contributed by atoms with Crippen LogP contribution in [0.4, 0.5) is 13.2 Å². The Morgan fingerprint density at radius 1 is 1.37 bits per heavy atom. The van der Waals surface area contributed by atoms with Crippen LogP contribution in [0.1, 0.15) is 10.5 Å². The van der Waals surface area contributed by atoms with Crippen LogP contribution in [-0.2, 0) is 4.79 Å². The number of carbonyl (C=O) groups excluding carboxylic acids is 1. The first kappa shape index (κ1) is 13.4. The minimum Gasteiger partial charge on any atom is -0.481 e. The van der Waals surface area contributed by atoms with Gasteiger partial charge in [0.15, 0.2) is 0 Å². The summed E-state index contributed by atoms with van der Waals surface area (Å²) in [6.07, 6.45) is -3.16. The molecule has 1 saturated heterocycles. The highest BCUT2D eigenvalue weighted by molar-refractivity contribution is 5.93. The van der Waals surface area contributed by atoms with Crippen molar-refractivity contribution >= 4 is 11.9 Å². The number of amides is 1. The predicted molar refractivity (Wildman–Crippen MR) is 57.4 cm³/mol. The SMILES string of the molecule is O=C(O)[C@@H]1CN(C(=O)c2ccc[nH]2)C[C@H]1C(F)(F)F. The average Bonchev–Trinajstić information content (AvgIpc) is 2.96. The molecule has 0 bridgehead atoms. The summed E-state index contributed by atoms with van der Waals surface area (Å²) in [5.41, 5.74) is 0.145. The zero-order valence-corrected chi connectivity index (χ0v) is 9.65. The second kappa shape index (κ2) is 4.60. The molecule has 104 valence electrons. The quantitative estimate of drug-likeness (QED) is 0.856. The van der Waals surface area contributed by atoms with Gasteiger partial charge in [-0.15, -0.1) is 0 Å². The van der Waals surface area contributed by atoms with Crippen molar-refractivity contribution in [1.29, 1.82) is 0 Å². The Morgan fingerprint density at radius 2 is 2.05 bits per heavy atom. The summed E-state index contributed by atoms with van der Waals surface area (Å²) in [5.74, 6) is -5.80. The molecule has 19 heavy (non-hydrogen) atoms. The minimum atomic E-state index is -4.63. The molecule has 0 unspecified atom stereocenters. The van der Waals surface area contributed by atoms with E-state index in [1.54, 1.807) is 6.07 Å². The zero-order valence-electron chi connectivity index (χ0n) is 9.65. The molecule has 2 N–H and O–H groups in total. The van der Waals surface area contributed by atoms with E-state index in [4.69, 9.17) is 5.11 Å². The number of rotatable bonds is 2. The first-order valence-corrected chi connectivity index (χ1v) is 5.53. The van der Waals surface area contributed by atoms with Crippen LogP contribution in [0.3, 0.4) is 0 Å². The molecule has 1 fully saturated rings. The van der Waals surface area contributed by atoms with Crippen LogP contribution in [0.15, 0.2) is 18.3 Å². The van der Waals surface area contributed by atoms with E-state index in [-0.39, 0.29) is 5.69 Å². The summed E-state index contributed by atoms with van der Waals surface area (Å²) in [4.78, 5) is 26.3. The van der Waals surface area contributed by atoms with Crippen LogP contribution >= 0.6 is 0 Å². The maximum absolute atomic E-state index is 12.7. The lowest BCUT2D eigenvalue weighted by molar-refractivity contribution is -0.187. The molecular weight excluding hydrogens is 265 g/mol. The number of carboxylic acids is 1. The molecule has 2 heterocycles. The van der Waals surface area contributed by atoms with Crippen LogP contribution < -0.4 is 0 Å². The van der Waals surface area contributed by atoms with Gasteiger partial charge in [0, 0.05) is 19.3 Å². The second-order valence-electron chi connectivity index (χ2n) is 4.39. The third-order valence-corrected chi connectivity index (χ3v) is 3.17. The second-order valence-corrected chi connectivity index (χ2v) is 4.39. The summed E-state index contributed by atoms with van der Waals surface area (Å²) in [6.45, 7) is -1.06. The molecule has 0 saturated carbocycles. The van der Waals surface area contributed by atoms with Crippen molar-refractivity contribution in [2.24, 2.45) is 11.8 Å². The van der Waals surface area contributed by atoms with Crippen molar-refractivity contribution in [2.45, 2.75) is 6.18 Å². The third-order valence-electron chi connectivity index (χ3n) is 3.17. The highest BCUT2D eigenvalue weighted by Crippen LogP contribution is 2.38. The lowest BCUT2D eigenvalue weighted by atomic mass is 9.96. The summed E-state index contributed by atoms with van der Waals surface area (Å²) >= 11 is 0. The van der Waals surface area contributed by atoms with Crippen molar-refractivity contribution < 1.29 is 27.9 Å². The maximum atomic E-state index is 12.7. The summed E-state index contributed by atoms with van der Waals surface area (Å²) in [7, 11) is 0. The van der Waals surface area contributed by atoms with Gasteiger partial charge in [-0.1, -0.05) is 0 Å². The number of likely N-dealkylation sites (tertiary alicyclic amines) is 1. The minimum absolute atomic E-state index is 0.145. The van der Waals surface area contributed by atoms with Crippen molar-refractivity contribution in [3.8, 4) is 0 Å². The number of halogens is 3. The highest BCUT2D eigenvalue weighted by Gasteiger charge is 2.53. The van der Waals surface area contributed by atoms with Gasteiger partial charge in [0.25, 0.3) is 5.91 Å². The Bertz CT molecular complexity index is 484. The molecule has 1 aliphatic heterocycles. The normalized spacial score (nSPS) is 23.6. The average molecular weight is 276 g/mol. The van der Waals surface area contributed by atoms with E-state index < -0.39 is 43.0 Å². The molecule has 2 rings (SSSR count). The smallest absolute Gasteiger partial charge is 0.394 e. The molecule has 1 amide bonds. The van der Waals surface area contributed by atoms with Crippen molar-refractivity contribution in [2.75, 3.05) is 13.1 Å². The molecule has 1 aromatic heterocycles. The number of nitrogens with zero attached hydrogens (tertiary/aromatic N) is 1. The maximum Gasteiger partial charge on any atom is 0.394 e. The van der Waals surface area contributed by atoms with E-state index in [2.05, 4.69) is 4.98 Å². The lowest BCUT2D eigenvalue weighted by Gasteiger charge is -2.18. The van der Waals surface area contributed by atoms with Crippen LogP contribution in [0.2, 0.25) is 0 Å². The summed E-state index contributed by atoms with van der Waals surface area (Å²) < 4.78 is 38.2. The van der Waals surface area contributed by atoms with Crippen molar-refractivity contribution in [3.63, 3.8) is 0 Å². The largest absolute Gasteiger partial charge is 0.481 e. The van der Waals surface area contributed by atoms with Gasteiger partial charge >= 0.3 is 12.1 Å². The van der Waals surface area contributed by atoms with Crippen LogP contribution in [0, 0.1) is 11.8 Å². The zero-order chi connectivity index (χ0) is 14.2. The van der Waals surface area contributed by atoms with Crippen LogP contribution in [-0.4, -0.2) is 46.1 Å². The van der Waals surface area contributed by atoms with E-state index in [9.17, 15) is 22.8 Å². The number of aliphatic carboxylic acids is 1. The van der Waals surface area contributed by atoms with Gasteiger partial charge in [-0.25, -0.2) is 0 Å². The number of alkyl halides is 3. The van der Waals surface area contributed by atoms with Crippen molar-refractivity contribution in [3.05, 3.63) is 24.0 Å². The fourth-order valence-electron chi connectivity index (χ4n) is 2.19. The number of nitrogens with one attached hydrogen (secondary N) is 1. The fraction of sp³-hybridized carbons (Fsp3) is 0.455. The van der Waals surface area contributed by atoms with E-state index in [1.807, 2.05) is 0 Å². The number of carboxylic acid groups (broad SMARTS) is 1. The molecule has 5 nitrogen and oxygen atoms in total. The van der Waals surface area contributed by atoms with Gasteiger partial charge in [0.2, 0.25) is 0 Å². The Morgan fingerprint density at radius 3 is 2.47 bits per heavy atom. The Balaban J connectivity index is 2.19. The summed E-state index contributed by atoms with van der Waals surface area (Å²) in [5, 5.41) is 8.83. The first-order chi connectivity index (χ1) is 8.80. The van der Waals surface area contributed by atoms with Gasteiger partial charge in [-0.05, 0) is 12.1 Å². The lowest BCUT2D eigenvalue weighted by Crippen LogP contribution is -2.34. The summed E-state index contributed by atoms with van der Waals surface area (Å²) in [6, 6.07) is 2.97. The molecule has 8 heteroatoms. The highest BCUT2D eigenvalue weighted by atomic mass is 19.4. The van der Waals surface area contributed by atoms with Gasteiger partial charge in [-0.3, -0.25) is 9.59 Å². The topological polar surface area (TPSA) is 73.4 Å². The molecule has 0 aliphatic carbocycles. The van der Waals surface area contributed by atoms with Crippen LogP contribution in [0.5, 0.6) is 0 Å². The monoisotopic (exact) mass is 276 g/mol. The van der Waals surface area contributed by atoms with Gasteiger partial charge in [0.05, 0.1) is 11.8 Å². The third kappa shape index (κ3) is 2.56. The van der Waals surface area contributed by atoms with Crippen molar-refractivity contribution in [1.82, 2.24) is 9.88 Å². The van der Waals surface area contributed by atoms with Gasteiger partial charge in [-0.2, -0.15) is 13.2 Å². The number of hydrogen-bond donors (Lipinski definition) is 2.